The van der Waals surface area contributed by atoms with Gasteiger partial charge in [0, 0.05) is 18.6 Å². The molecule has 1 aliphatic heterocycles. The smallest absolute Gasteiger partial charge is 0.394 e. The van der Waals surface area contributed by atoms with Crippen molar-refractivity contribution in [2.45, 2.75) is 37.8 Å². The highest BCUT2D eigenvalue weighted by Gasteiger charge is 2.36. The molecule has 2 fully saturated rings. The molecule has 0 radical (unpaired) electrons. The summed E-state index contributed by atoms with van der Waals surface area (Å²) in [6, 6.07) is 0.463. The Kier molecular flexibility index (Phi) is 2.90. The van der Waals surface area contributed by atoms with Crippen molar-refractivity contribution in [3.63, 3.8) is 0 Å². The van der Waals surface area contributed by atoms with E-state index in [0.29, 0.717) is 6.54 Å². The molecule has 0 aromatic carbocycles. The first-order chi connectivity index (χ1) is 7.18. The monoisotopic (exact) mass is 212 g/mol. The standard InChI is InChI=1S/C10H16N2O3/c13-9(10(14)15)12(8-3-4-8)6-7-2-1-5-11-7/h7-8,11H,1-6H2,(H,14,15)/t7-/m1/s1. The molecule has 1 amide bonds. The molecule has 2 N–H and O–H groups in total. The molecule has 15 heavy (non-hydrogen) atoms. The van der Waals surface area contributed by atoms with Gasteiger partial charge in [-0.15, -0.1) is 0 Å². The van der Waals surface area contributed by atoms with Crippen molar-refractivity contribution >= 4 is 11.9 Å². The predicted molar refractivity (Wildman–Crippen MR) is 53.4 cm³/mol. The summed E-state index contributed by atoms with van der Waals surface area (Å²) in [6.45, 7) is 1.53. The molecule has 0 aromatic heterocycles. The summed E-state index contributed by atoms with van der Waals surface area (Å²) in [5.74, 6) is -2.08. The Balaban J connectivity index is 1.93. The van der Waals surface area contributed by atoms with Gasteiger partial charge in [0.15, 0.2) is 0 Å². The normalized spacial score (nSPS) is 25.2. The molecule has 1 saturated heterocycles. The Morgan fingerprint density at radius 2 is 2.07 bits per heavy atom. The molecule has 0 aromatic rings. The minimum absolute atomic E-state index is 0.177. The number of nitrogens with one attached hydrogen (secondary N) is 1. The van der Waals surface area contributed by atoms with E-state index in [9.17, 15) is 9.59 Å². The van der Waals surface area contributed by atoms with Crippen molar-refractivity contribution in [1.82, 2.24) is 10.2 Å². The highest BCUT2D eigenvalue weighted by atomic mass is 16.4. The van der Waals surface area contributed by atoms with Crippen LogP contribution in [0.3, 0.4) is 0 Å². The van der Waals surface area contributed by atoms with Crippen molar-refractivity contribution in [3.8, 4) is 0 Å². The maximum atomic E-state index is 11.4. The minimum atomic E-state index is -1.33. The van der Waals surface area contributed by atoms with E-state index >= 15 is 0 Å². The van der Waals surface area contributed by atoms with Crippen LogP contribution in [0.2, 0.25) is 0 Å². The molecule has 1 aliphatic carbocycles. The van der Waals surface area contributed by atoms with Crippen molar-refractivity contribution in [3.05, 3.63) is 0 Å². The number of rotatable bonds is 3. The fourth-order valence-electron chi connectivity index (χ4n) is 2.06. The lowest BCUT2D eigenvalue weighted by atomic mass is 10.2. The highest BCUT2D eigenvalue weighted by molar-refractivity contribution is 6.31. The number of carbonyl (C=O) groups is 2. The maximum absolute atomic E-state index is 11.4. The van der Waals surface area contributed by atoms with Crippen LogP contribution < -0.4 is 5.32 Å². The van der Waals surface area contributed by atoms with E-state index in [1.165, 1.54) is 4.90 Å². The molecule has 0 unspecified atom stereocenters. The van der Waals surface area contributed by atoms with Crippen LogP contribution in [0.5, 0.6) is 0 Å². The van der Waals surface area contributed by atoms with Gasteiger partial charge in [0.05, 0.1) is 0 Å². The molecule has 1 atom stereocenters. The molecule has 5 heteroatoms. The van der Waals surface area contributed by atoms with E-state index in [-0.39, 0.29) is 12.1 Å². The summed E-state index contributed by atoms with van der Waals surface area (Å²) in [4.78, 5) is 23.6. The van der Waals surface area contributed by atoms with E-state index in [1.54, 1.807) is 0 Å². The fraction of sp³-hybridized carbons (Fsp3) is 0.800. The largest absolute Gasteiger partial charge is 0.474 e. The molecule has 0 bridgehead atoms. The first-order valence-corrected chi connectivity index (χ1v) is 5.46. The second-order valence-electron chi connectivity index (χ2n) is 4.29. The van der Waals surface area contributed by atoms with Crippen LogP contribution in [-0.2, 0) is 9.59 Å². The molecule has 84 valence electrons. The van der Waals surface area contributed by atoms with Gasteiger partial charge in [-0.2, -0.15) is 0 Å². The van der Waals surface area contributed by atoms with Crippen LogP contribution in [-0.4, -0.2) is 47.1 Å². The molecular formula is C10H16N2O3. The van der Waals surface area contributed by atoms with Gasteiger partial charge in [-0.25, -0.2) is 4.79 Å². The summed E-state index contributed by atoms with van der Waals surface area (Å²) in [7, 11) is 0. The average Bonchev–Trinajstić information content (AvgIpc) is 2.92. The number of carbonyl (C=O) groups excluding carboxylic acids is 1. The Morgan fingerprint density at radius 3 is 2.53 bits per heavy atom. The summed E-state index contributed by atoms with van der Waals surface area (Å²) in [6.07, 6.45) is 4.05. The van der Waals surface area contributed by atoms with Crippen molar-refractivity contribution in [1.29, 1.82) is 0 Å². The third-order valence-electron chi connectivity index (χ3n) is 3.01. The zero-order chi connectivity index (χ0) is 10.8. The van der Waals surface area contributed by atoms with E-state index in [2.05, 4.69) is 5.32 Å². The van der Waals surface area contributed by atoms with E-state index < -0.39 is 11.9 Å². The lowest BCUT2D eigenvalue weighted by molar-refractivity contribution is -0.156. The highest BCUT2D eigenvalue weighted by Crippen LogP contribution is 2.27. The minimum Gasteiger partial charge on any atom is -0.474 e. The molecule has 2 rings (SSSR count). The number of aliphatic carboxylic acids is 1. The second kappa shape index (κ2) is 4.18. The van der Waals surface area contributed by atoms with Crippen molar-refractivity contribution in [2.24, 2.45) is 0 Å². The van der Waals surface area contributed by atoms with Crippen LogP contribution in [0.1, 0.15) is 25.7 Å². The zero-order valence-corrected chi connectivity index (χ0v) is 8.61. The number of amides is 1. The topological polar surface area (TPSA) is 69.6 Å². The lowest BCUT2D eigenvalue weighted by Gasteiger charge is -2.23. The maximum Gasteiger partial charge on any atom is 0.394 e. The number of hydrogen-bond acceptors (Lipinski definition) is 3. The number of nitrogens with zero attached hydrogens (tertiary/aromatic N) is 1. The van der Waals surface area contributed by atoms with Gasteiger partial charge in [0.1, 0.15) is 0 Å². The summed E-state index contributed by atoms with van der Waals surface area (Å²) in [5, 5.41) is 12.0. The SMILES string of the molecule is O=C(O)C(=O)N(C[C@H]1CCCN1)C1CC1. The van der Waals surface area contributed by atoms with Gasteiger partial charge in [0.2, 0.25) is 0 Å². The Hall–Kier alpha value is -1.10. The quantitative estimate of drug-likeness (QED) is 0.636. The van der Waals surface area contributed by atoms with Gasteiger partial charge in [-0.1, -0.05) is 0 Å². The van der Waals surface area contributed by atoms with Crippen LogP contribution >= 0.6 is 0 Å². The number of carboxylic acids is 1. The molecular weight excluding hydrogens is 196 g/mol. The van der Waals surface area contributed by atoms with Gasteiger partial charge >= 0.3 is 11.9 Å². The van der Waals surface area contributed by atoms with Crippen LogP contribution in [0.4, 0.5) is 0 Å². The van der Waals surface area contributed by atoms with Crippen molar-refractivity contribution < 1.29 is 14.7 Å². The van der Waals surface area contributed by atoms with Crippen LogP contribution in [0, 0.1) is 0 Å². The van der Waals surface area contributed by atoms with Gasteiger partial charge in [0.25, 0.3) is 0 Å². The summed E-state index contributed by atoms with van der Waals surface area (Å²) in [5.41, 5.74) is 0. The first-order valence-electron chi connectivity index (χ1n) is 5.46. The van der Waals surface area contributed by atoms with Gasteiger partial charge in [-0.05, 0) is 32.2 Å². The molecule has 2 aliphatic rings. The van der Waals surface area contributed by atoms with Crippen LogP contribution in [0.25, 0.3) is 0 Å². The zero-order valence-electron chi connectivity index (χ0n) is 8.61. The molecule has 1 saturated carbocycles. The van der Waals surface area contributed by atoms with Gasteiger partial charge < -0.3 is 15.3 Å². The number of hydrogen-bond donors (Lipinski definition) is 2. The molecule has 1 heterocycles. The van der Waals surface area contributed by atoms with Crippen LogP contribution in [0.15, 0.2) is 0 Å². The summed E-state index contributed by atoms with van der Waals surface area (Å²) >= 11 is 0. The Bertz CT molecular complexity index is 270. The number of carboxylic acid groups (broad SMARTS) is 1. The van der Waals surface area contributed by atoms with Gasteiger partial charge in [-0.3, -0.25) is 4.79 Å². The Labute approximate surface area is 88.4 Å². The van der Waals surface area contributed by atoms with Crippen molar-refractivity contribution in [2.75, 3.05) is 13.1 Å². The second-order valence-corrected chi connectivity index (χ2v) is 4.29. The van der Waals surface area contributed by atoms with E-state index in [1.807, 2.05) is 0 Å². The first kappa shape index (κ1) is 10.4. The average molecular weight is 212 g/mol. The van der Waals surface area contributed by atoms with E-state index in [0.717, 1.165) is 32.2 Å². The van der Waals surface area contributed by atoms with E-state index in [4.69, 9.17) is 5.11 Å². The Morgan fingerprint density at radius 1 is 1.33 bits per heavy atom. The summed E-state index contributed by atoms with van der Waals surface area (Å²) < 4.78 is 0. The predicted octanol–water partition coefficient (Wildman–Crippen LogP) is -0.186. The lowest BCUT2D eigenvalue weighted by Crippen LogP contribution is -2.45. The third kappa shape index (κ3) is 2.47. The third-order valence-corrected chi connectivity index (χ3v) is 3.01. The molecule has 5 nitrogen and oxygen atoms in total. The molecule has 0 spiro atoms. The fourth-order valence-corrected chi connectivity index (χ4v) is 2.06.